The maximum absolute atomic E-state index is 13.1. The van der Waals surface area contributed by atoms with E-state index in [1.54, 1.807) is 6.07 Å². The van der Waals surface area contributed by atoms with Crippen molar-refractivity contribution in [2.75, 3.05) is 5.73 Å². The third-order valence-electron chi connectivity index (χ3n) is 2.90. The minimum atomic E-state index is -0.248. The third kappa shape index (κ3) is 2.64. The first-order valence-corrected chi connectivity index (χ1v) is 5.96. The van der Waals surface area contributed by atoms with Gasteiger partial charge in [0, 0.05) is 17.7 Å². The minimum Gasteiger partial charge on any atom is -0.383 e. The summed E-state index contributed by atoms with van der Waals surface area (Å²) >= 11 is 0. The molecule has 0 atom stereocenters. The Bertz CT molecular complexity index is 544. The van der Waals surface area contributed by atoms with Crippen molar-refractivity contribution in [2.24, 2.45) is 0 Å². The average molecular weight is 245 g/mol. The van der Waals surface area contributed by atoms with Crippen LogP contribution in [0.5, 0.6) is 0 Å². The SMILES string of the molecule is CCc1c(C)nc(Cc2cccc(F)c2)nc1N. The van der Waals surface area contributed by atoms with Crippen LogP contribution in [0, 0.1) is 12.7 Å². The molecular weight excluding hydrogens is 229 g/mol. The Morgan fingerprint density at radius 2 is 2.06 bits per heavy atom. The number of aryl methyl sites for hydroxylation is 1. The minimum absolute atomic E-state index is 0.248. The Balaban J connectivity index is 2.30. The van der Waals surface area contributed by atoms with E-state index in [1.165, 1.54) is 12.1 Å². The molecule has 0 saturated heterocycles. The van der Waals surface area contributed by atoms with Gasteiger partial charge in [0.05, 0.1) is 0 Å². The molecule has 0 saturated carbocycles. The molecular formula is C14H16FN3. The van der Waals surface area contributed by atoms with E-state index in [4.69, 9.17) is 5.73 Å². The van der Waals surface area contributed by atoms with E-state index in [-0.39, 0.29) is 5.82 Å². The summed E-state index contributed by atoms with van der Waals surface area (Å²) in [6.45, 7) is 3.94. The third-order valence-corrected chi connectivity index (χ3v) is 2.90. The number of halogens is 1. The summed E-state index contributed by atoms with van der Waals surface area (Å²) in [5, 5.41) is 0. The zero-order valence-corrected chi connectivity index (χ0v) is 10.6. The Morgan fingerprint density at radius 1 is 1.28 bits per heavy atom. The van der Waals surface area contributed by atoms with Crippen LogP contribution in [0.1, 0.15) is 29.6 Å². The van der Waals surface area contributed by atoms with Gasteiger partial charge in [-0.15, -0.1) is 0 Å². The van der Waals surface area contributed by atoms with E-state index in [0.717, 1.165) is 23.2 Å². The smallest absolute Gasteiger partial charge is 0.135 e. The van der Waals surface area contributed by atoms with Crippen LogP contribution >= 0.6 is 0 Å². The lowest BCUT2D eigenvalue weighted by Crippen LogP contribution is -2.07. The topological polar surface area (TPSA) is 51.8 Å². The Kier molecular flexibility index (Phi) is 3.55. The molecule has 1 aromatic carbocycles. The van der Waals surface area contributed by atoms with Crippen molar-refractivity contribution < 1.29 is 4.39 Å². The van der Waals surface area contributed by atoms with Crippen LogP contribution in [0.2, 0.25) is 0 Å². The lowest BCUT2D eigenvalue weighted by Gasteiger charge is -2.08. The monoisotopic (exact) mass is 245 g/mol. The summed E-state index contributed by atoms with van der Waals surface area (Å²) in [5.74, 6) is 0.909. The van der Waals surface area contributed by atoms with E-state index in [2.05, 4.69) is 9.97 Å². The number of hydrogen-bond acceptors (Lipinski definition) is 3. The fourth-order valence-corrected chi connectivity index (χ4v) is 2.02. The van der Waals surface area contributed by atoms with Gasteiger partial charge in [0.25, 0.3) is 0 Å². The van der Waals surface area contributed by atoms with Gasteiger partial charge in [-0.3, -0.25) is 0 Å². The molecule has 2 N–H and O–H groups in total. The van der Waals surface area contributed by atoms with Gasteiger partial charge in [0.15, 0.2) is 0 Å². The summed E-state index contributed by atoms with van der Waals surface area (Å²) < 4.78 is 13.1. The lowest BCUT2D eigenvalue weighted by molar-refractivity contribution is 0.625. The van der Waals surface area contributed by atoms with Crippen LogP contribution in [-0.4, -0.2) is 9.97 Å². The number of nitrogens with two attached hydrogens (primary N) is 1. The van der Waals surface area contributed by atoms with Gasteiger partial charge < -0.3 is 5.73 Å². The van der Waals surface area contributed by atoms with Gasteiger partial charge >= 0.3 is 0 Å². The normalized spacial score (nSPS) is 10.6. The van der Waals surface area contributed by atoms with E-state index in [0.29, 0.717) is 18.1 Å². The van der Waals surface area contributed by atoms with E-state index < -0.39 is 0 Å². The predicted molar refractivity (Wildman–Crippen MR) is 69.8 cm³/mol. The van der Waals surface area contributed by atoms with Crippen molar-refractivity contribution in [3.8, 4) is 0 Å². The fourth-order valence-electron chi connectivity index (χ4n) is 2.02. The summed E-state index contributed by atoms with van der Waals surface area (Å²) in [4.78, 5) is 8.69. The highest BCUT2D eigenvalue weighted by Gasteiger charge is 2.08. The molecule has 0 aliphatic rings. The van der Waals surface area contributed by atoms with E-state index in [9.17, 15) is 4.39 Å². The van der Waals surface area contributed by atoms with Crippen molar-refractivity contribution in [1.29, 1.82) is 0 Å². The first-order chi connectivity index (χ1) is 8.60. The van der Waals surface area contributed by atoms with Crippen molar-refractivity contribution >= 4 is 5.82 Å². The van der Waals surface area contributed by atoms with Crippen molar-refractivity contribution in [2.45, 2.75) is 26.7 Å². The van der Waals surface area contributed by atoms with Gasteiger partial charge in [0.2, 0.25) is 0 Å². The molecule has 1 aromatic heterocycles. The van der Waals surface area contributed by atoms with Crippen LogP contribution in [0.15, 0.2) is 24.3 Å². The number of nitrogens with zero attached hydrogens (tertiary/aromatic N) is 2. The zero-order valence-electron chi connectivity index (χ0n) is 10.6. The van der Waals surface area contributed by atoms with Gasteiger partial charge in [-0.05, 0) is 31.0 Å². The molecule has 0 aliphatic heterocycles. The predicted octanol–water partition coefficient (Wildman–Crippen LogP) is 2.66. The molecule has 2 aromatic rings. The molecule has 0 fully saturated rings. The Hall–Kier alpha value is -1.97. The molecule has 0 spiro atoms. The highest BCUT2D eigenvalue weighted by atomic mass is 19.1. The van der Waals surface area contributed by atoms with E-state index >= 15 is 0 Å². The van der Waals surface area contributed by atoms with Crippen LogP contribution in [0.3, 0.4) is 0 Å². The average Bonchev–Trinajstić information content (AvgIpc) is 2.28. The molecule has 0 bridgehead atoms. The van der Waals surface area contributed by atoms with Crippen LogP contribution in [0.4, 0.5) is 10.2 Å². The number of hydrogen-bond donors (Lipinski definition) is 1. The second-order valence-corrected chi connectivity index (χ2v) is 4.25. The lowest BCUT2D eigenvalue weighted by atomic mass is 10.1. The molecule has 2 rings (SSSR count). The van der Waals surface area contributed by atoms with Gasteiger partial charge in [-0.25, -0.2) is 14.4 Å². The highest BCUT2D eigenvalue weighted by molar-refractivity contribution is 5.42. The summed E-state index contributed by atoms with van der Waals surface area (Å²) in [6, 6.07) is 6.44. The molecule has 18 heavy (non-hydrogen) atoms. The number of anilines is 1. The summed E-state index contributed by atoms with van der Waals surface area (Å²) in [5.41, 5.74) is 8.62. The molecule has 3 nitrogen and oxygen atoms in total. The molecule has 0 amide bonds. The van der Waals surface area contributed by atoms with Gasteiger partial charge in [-0.2, -0.15) is 0 Å². The molecule has 1 heterocycles. The highest BCUT2D eigenvalue weighted by Crippen LogP contribution is 2.15. The molecule has 0 radical (unpaired) electrons. The first-order valence-electron chi connectivity index (χ1n) is 5.96. The van der Waals surface area contributed by atoms with Crippen LogP contribution < -0.4 is 5.73 Å². The van der Waals surface area contributed by atoms with Gasteiger partial charge in [-0.1, -0.05) is 19.1 Å². The van der Waals surface area contributed by atoms with Gasteiger partial charge in [0.1, 0.15) is 17.5 Å². The molecule has 0 unspecified atom stereocenters. The maximum Gasteiger partial charge on any atom is 0.135 e. The molecule has 0 aliphatic carbocycles. The number of rotatable bonds is 3. The summed E-state index contributed by atoms with van der Waals surface area (Å²) in [6.07, 6.45) is 1.31. The second-order valence-electron chi connectivity index (χ2n) is 4.25. The number of benzene rings is 1. The zero-order chi connectivity index (χ0) is 13.1. The standard InChI is InChI=1S/C14H16FN3/c1-3-12-9(2)17-13(18-14(12)16)8-10-5-4-6-11(15)7-10/h4-7H,3,8H2,1-2H3,(H2,16,17,18). The number of aromatic nitrogens is 2. The fraction of sp³-hybridized carbons (Fsp3) is 0.286. The van der Waals surface area contributed by atoms with E-state index in [1.807, 2.05) is 19.9 Å². The molecule has 94 valence electrons. The Morgan fingerprint density at radius 3 is 2.67 bits per heavy atom. The maximum atomic E-state index is 13.1. The van der Waals surface area contributed by atoms with Crippen LogP contribution in [-0.2, 0) is 12.8 Å². The van der Waals surface area contributed by atoms with Crippen LogP contribution in [0.25, 0.3) is 0 Å². The second kappa shape index (κ2) is 5.12. The largest absolute Gasteiger partial charge is 0.383 e. The van der Waals surface area contributed by atoms with Crippen molar-refractivity contribution in [1.82, 2.24) is 9.97 Å². The summed E-state index contributed by atoms with van der Waals surface area (Å²) in [7, 11) is 0. The number of nitrogen functional groups attached to an aromatic ring is 1. The quantitative estimate of drug-likeness (QED) is 0.904. The Labute approximate surface area is 106 Å². The first kappa shape index (κ1) is 12.5. The molecule has 4 heteroatoms. The van der Waals surface area contributed by atoms with Crippen molar-refractivity contribution in [3.05, 3.63) is 52.7 Å². The van der Waals surface area contributed by atoms with Crippen molar-refractivity contribution in [3.63, 3.8) is 0 Å².